The molecule has 1 aliphatic heterocycles. The Morgan fingerprint density at radius 1 is 1.17 bits per heavy atom. The molecule has 24 heavy (non-hydrogen) atoms. The van der Waals surface area contributed by atoms with Crippen LogP contribution in [-0.4, -0.2) is 39.1 Å². The van der Waals surface area contributed by atoms with Gasteiger partial charge in [0, 0.05) is 19.1 Å². The van der Waals surface area contributed by atoms with Crippen LogP contribution in [0.3, 0.4) is 0 Å². The first-order valence-corrected chi connectivity index (χ1v) is 9.71. The van der Waals surface area contributed by atoms with Gasteiger partial charge in [-0.25, -0.2) is 13.7 Å². The van der Waals surface area contributed by atoms with Crippen LogP contribution in [0, 0.1) is 0 Å². The van der Waals surface area contributed by atoms with E-state index in [1.807, 2.05) is 39.0 Å². The molecule has 1 aliphatic rings. The van der Waals surface area contributed by atoms with Gasteiger partial charge in [-0.15, -0.1) is 5.06 Å². The van der Waals surface area contributed by atoms with E-state index >= 15 is 0 Å². The molecule has 1 fully saturated rings. The second-order valence-electron chi connectivity index (χ2n) is 7.15. The molecule has 0 radical (unpaired) electrons. The molecule has 1 N–H and O–H groups in total. The first-order valence-electron chi connectivity index (χ1n) is 8.56. The zero-order valence-corrected chi connectivity index (χ0v) is 15.6. The van der Waals surface area contributed by atoms with E-state index in [2.05, 4.69) is 4.72 Å². The minimum absolute atomic E-state index is 0.184. The van der Waals surface area contributed by atoms with Crippen molar-refractivity contribution in [1.29, 1.82) is 0 Å². The normalized spacial score (nSPS) is 21.5. The van der Waals surface area contributed by atoms with Crippen molar-refractivity contribution in [2.24, 2.45) is 0 Å². The maximum Gasteiger partial charge on any atom is 0.357 e. The van der Waals surface area contributed by atoms with Crippen LogP contribution in [0.25, 0.3) is 0 Å². The second kappa shape index (κ2) is 8.74. The molecule has 1 saturated heterocycles. The van der Waals surface area contributed by atoms with Gasteiger partial charge in [-0.3, -0.25) is 0 Å². The molecule has 6 heteroatoms. The predicted octanol–water partition coefficient (Wildman–Crippen LogP) is 3.05. The average Bonchev–Trinajstić information content (AvgIpc) is 2.52. The molecule has 0 amide bonds. The van der Waals surface area contributed by atoms with E-state index in [9.17, 15) is 9.00 Å². The first-order chi connectivity index (χ1) is 11.4. The highest BCUT2D eigenvalue weighted by atomic mass is 32.2. The number of hydrogen-bond donors (Lipinski definition) is 1. The van der Waals surface area contributed by atoms with E-state index in [1.54, 1.807) is 17.2 Å². The van der Waals surface area contributed by atoms with Crippen LogP contribution < -0.4 is 4.72 Å². The quantitative estimate of drug-likeness (QED) is 0.905. The molecule has 1 heterocycles. The van der Waals surface area contributed by atoms with E-state index in [0.717, 1.165) is 32.2 Å². The van der Waals surface area contributed by atoms with E-state index in [0.29, 0.717) is 12.1 Å². The Hall–Kier alpha value is -1.24. The number of carbonyl (C=O) groups excluding carboxylic acids is 1. The Morgan fingerprint density at radius 3 is 2.54 bits per heavy atom. The van der Waals surface area contributed by atoms with Gasteiger partial charge in [-0.05, 0) is 52.2 Å². The van der Waals surface area contributed by atoms with Crippen molar-refractivity contribution in [1.82, 2.24) is 9.79 Å². The van der Waals surface area contributed by atoms with Crippen molar-refractivity contribution in [3.05, 3.63) is 35.9 Å². The van der Waals surface area contributed by atoms with Gasteiger partial charge >= 0.3 is 5.97 Å². The fraction of sp³-hybridized carbons (Fsp3) is 0.611. The molecule has 0 saturated carbocycles. The second-order valence-corrected chi connectivity index (χ2v) is 9.15. The minimum Gasteiger partial charge on any atom is -0.364 e. The summed E-state index contributed by atoms with van der Waals surface area (Å²) < 4.78 is 15.2. The Kier molecular flexibility index (Phi) is 6.95. The van der Waals surface area contributed by atoms with Crippen LogP contribution in [-0.2, 0) is 15.8 Å². The van der Waals surface area contributed by atoms with Gasteiger partial charge in [0.05, 0.1) is 21.3 Å². The maximum atomic E-state index is 12.3. The summed E-state index contributed by atoms with van der Waals surface area (Å²) >= 11 is 0. The molecule has 1 unspecified atom stereocenters. The lowest BCUT2D eigenvalue weighted by Gasteiger charge is -2.29. The van der Waals surface area contributed by atoms with Crippen LogP contribution >= 0.6 is 0 Å². The molecule has 1 aromatic rings. The van der Waals surface area contributed by atoms with Crippen LogP contribution in [0.5, 0.6) is 0 Å². The zero-order chi connectivity index (χ0) is 17.6. The lowest BCUT2D eigenvalue weighted by molar-refractivity contribution is -0.114. The van der Waals surface area contributed by atoms with E-state index in [-0.39, 0.29) is 16.8 Å². The Bertz CT molecular complexity index is 557. The third-order valence-corrected chi connectivity index (χ3v) is 5.65. The summed E-state index contributed by atoms with van der Waals surface area (Å²) in [4.78, 5) is 17.7. The lowest BCUT2D eigenvalue weighted by atomic mass is 10.1. The van der Waals surface area contributed by atoms with E-state index < -0.39 is 11.0 Å². The van der Waals surface area contributed by atoms with Gasteiger partial charge in [0.25, 0.3) is 0 Å². The van der Waals surface area contributed by atoms with Gasteiger partial charge < -0.3 is 4.84 Å². The summed E-state index contributed by atoms with van der Waals surface area (Å²) in [6, 6.07) is 9.21. The first kappa shape index (κ1) is 19.1. The van der Waals surface area contributed by atoms with Crippen molar-refractivity contribution in [2.45, 2.75) is 57.2 Å². The maximum absolute atomic E-state index is 12.3. The fourth-order valence-corrected chi connectivity index (χ4v) is 3.41. The SMILES string of the molecule is CC(C)(C)[S@@](=O)NC1CCCCN(OC(=O)c2ccccc2)CC1. The summed E-state index contributed by atoms with van der Waals surface area (Å²) in [6.07, 6.45) is 3.80. The van der Waals surface area contributed by atoms with Crippen LogP contribution in [0.1, 0.15) is 56.8 Å². The molecule has 2 rings (SSSR count). The lowest BCUT2D eigenvalue weighted by Crippen LogP contribution is -2.43. The standard InChI is InChI=1S/C18H28N2O3S/c1-18(2,3)24(22)19-16-11-7-8-13-20(14-12-16)23-17(21)15-9-5-4-6-10-15/h4-6,9-10,16,19H,7-8,11-14H2,1-3H3/t16?,24-/m1/s1. The number of carbonyl (C=O) groups is 1. The molecule has 5 nitrogen and oxygen atoms in total. The number of nitrogens with zero attached hydrogens (tertiary/aromatic N) is 1. The highest BCUT2D eigenvalue weighted by Gasteiger charge is 2.24. The number of hydroxylamine groups is 2. The monoisotopic (exact) mass is 352 g/mol. The minimum atomic E-state index is -1.08. The third kappa shape index (κ3) is 6.00. The summed E-state index contributed by atoms with van der Waals surface area (Å²) in [5.74, 6) is -0.320. The number of hydrogen-bond acceptors (Lipinski definition) is 4. The molecule has 1 aromatic carbocycles. The van der Waals surface area contributed by atoms with Crippen molar-refractivity contribution in [3.63, 3.8) is 0 Å². The van der Waals surface area contributed by atoms with Crippen molar-refractivity contribution in [3.8, 4) is 0 Å². The molecular weight excluding hydrogens is 324 g/mol. The molecule has 134 valence electrons. The largest absolute Gasteiger partial charge is 0.364 e. The predicted molar refractivity (Wildman–Crippen MR) is 96.7 cm³/mol. The number of benzene rings is 1. The van der Waals surface area contributed by atoms with Crippen LogP contribution in [0.2, 0.25) is 0 Å². The molecule has 0 spiro atoms. The summed E-state index contributed by atoms with van der Waals surface area (Å²) in [7, 11) is -1.08. The fourth-order valence-electron chi connectivity index (χ4n) is 2.52. The molecule has 0 aliphatic carbocycles. The van der Waals surface area contributed by atoms with Gasteiger partial charge in [0.2, 0.25) is 0 Å². The summed E-state index contributed by atoms with van der Waals surface area (Å²) in [5.41, 5.74) is 0.558. The molecule has 0 bridgehead atoms. The molecular formula is C18H28N2O3S. The highest BCUT2D eigenvalue weighted by molar-refractivity contribution is 7.84. The Labute approximate surface area is 147 Å². The van der Waals surface area contributed by atoms with E-state index in [1.165, 1.54) is 0 Å². The van der Waals surface area contributed by atoms with Gasteiger partial charge in [-0.1, -0.05) is 24.6 Å². The molecule has 2 atom stereocenters. The zero-order valence-electron chi connectivity index (χ0n) is 14.8. The van der Waals surface area contributed by atoms with Crippen LogP contribution in [0.4, 0.5) is 0 Å². The number of nitrogens with one attached hydrogen (secondary N) is 1. The number of rotatable bonds is 4. The van der Waals surface area contributed by atoms with Gasteiger partial charge in [-0.2, -0.15) is 0 Å². The Balaban J connectivity index is 1.88. The van der Waals surface area contributed by atoms with Gasteiger partial charge in [0.1, 0.15) is 0 Å². The summed E-state index contributed by atoms with van der Waals surface area (Å²) in [5, 5.41) is 1.74. The smallest absolute Gasteiger partial charge is 0.357 e. The van der Waals surface area contributed by atoms with Crippen molar-refractivity contribution in [2.75, 3.05) is 13.1 Å². The Morgan fingerprint density at radius 2 is 1.88 bits per heavy atom. The average molecular weight is 353 g/mol. The summed E-state index contributed by atoms with van der Waals surface area (Å²) in [6.45, 7) is 7.29. The van der Waals surface area contributed by atoms with Gasteiger partial charge in [0.15, 0.2) is 0 Å². The van der Waals surface area contributed by atoms with Crippen molar-refractivity contribution < 1.29 is 13.8 Å². The van der Waals surface area contributed by atoms with Crippen LogP contribution in [0.15, 0.2) is 30.3 Å². The molecule has 0 aromatic heterocycles. The highest BCUT2D eigenvalue weighted by Crippen LogP contribution is 2.16. The third-order valence-electron chi connectivity index (χ3n) is 3.99. The topological polar surface area (TPSA) is 58.6 Å². The van der Waals surface area contributed by atoms with Crippen molar-refractivity contribution >= 4 is 17.0 Å². The van der Waals surface area contributed by atoms with E-state index in [4.69, 9.17) is 4.84 Å².